The van der Waals surface area contributed by atoms with E-state index in [1.807, 2.05) is 6.92 Å². The summed E-state index contributed by atoms with van der Waals surface area (Å²) < 4.78 is 26.6. The lowest BCUT2D eigenvalue weighted by Gasteiger charge is -2.19. The summed E-state index contributed by atoms with van der Waals surface area (Å²) in [5.74, 6) is -0.603. The van der Waals surface area contributed by atoms with Gasteiger partial charge in [-0.25, -0.2) is 8.42 Å². The summed E-state index contributed by atoms with van der Waals surface area (Å²) in [7, 11) is -3.77. The topological polar surface area (TPSA) is 95.6 Å². The fourth-order valence-electron chi connectivity index (χ4n) is 2.29. The van der Waals surface area contributed by atoms with Gasteiger partial charge in [0.1, 0.15) is 4.90 Å². The number of halogens is 1. The molecule has 0 atom stereocenters. The van der Waals surface area contributed by atoms with E-state index >= 15 is 0 Å². The van der Waals surface area contributed by atoms with E-state index in [0.29, 0.717) is 19.6 Å². The third-order valence-electron chi connectivity index (χ3n) is 3.73. The first-order valence-electron chi connectivity index (χ1n) is 8.62. The molecule has 2 amide bonds. The molecule has 0 heterocycles. The van der Waals surface area contributed by atoms with Crippen LogP contribution in [0.25, 0.3) is 0 Å². The maximum atomic E-state index is 12.7. The van der Waals surface area contributed by atoms with Gasteiger partial charge >= 0.3 is 0 Å². The fourth-order valence-corrected chi connectivity index (χ4v) is 4.25. The number of hydrogen-bond acceptors (Lipinski definition) is 4. The Labute approximate surface area is 160 Å². The molecule has 1 aromatic carbocycles. The van der Waals surface area contributed by atoms with Crippen molar-refractivity contribution in [3.8, 4) is 0 Å². The van der Waals surface area contributed by atoms with Crippen LogP contribution < -0.4 is 10.6 Å². The molecular formula is C17H26ClN3O4S. The van der Waals surface area contributed by atoms with Crippen molar-refractivity contribution < 1.29 is 18.0 Å². The summed E-state index contributed by atoms with van der Waals surface area (Å²) in [6.07, 6.45) is 0.997. The van der Waals surface area contributed by atoms with Gasteiger partial charge < -0.3 is 10.6 Å². The van der Waals surface area contributed by atoms with Gasteiger partial charge in [0.2, 0.25) is 15.9 Å². The molecule has 0 aliphatic rings. The first-order valence-corrected chi connectivity index (χ1v) is 10.4. The van der Waals surface area contributed by atoms with Gasteiger partial charge in [-0.05, 0) is 24.6 Å². The third-order valence-corrected chi connectivity index (χ3v) is 6.26. The predicted octanol–water partition coefficient (Wildman–Crippen LogP) is 2.02. The van der Waals surface area contributed by atoms with Crippen LogP contribution in [-0.4, -0.2) is 50.7 Å². The minimum absolute atomic E-state index is 0.0624. The SMILES string of the molecule is CCCNC(=O)CCNC(=O)c1ccc(Cl)c(S(=O)(=O)N(CC)CC)c1. The van der Waals surface area contributed by atoms with Gasteiger partial charge in [-0.1, -0.05) is 32.4 Å². The molecule has 0 fully saturated rings. The Hall–Kier alpha value is -1.64. The number of nitrogens with zero attached hydrogens (tertiary/aromatic N) is 1. The number of hydrogen-bond donors (Lipinski definition) is 2. The van der Waals surface area contributed by atoms with Crippen LogP contribution in [0.3, 0.4) is 0 Å². The van der Waals surface area contributed by atoms with Crippen molar-refractivity contribution in [1.82, 2.24) is 14.9 Å². The molecule has 0 saturated carbocycles. The summed E-state index contributed by atoms with van der Waals surface area (Å²) in [4.78, 5) is 23.7. The van der Waals surface area contributed by atoms with Crippen LogP contribution in [0.2, 0.25) is 5.02 Å². The Morgan fingerprint density at radius 2 is 1.73 bits per heavy atom. The summed E-state index contributed by atoms with van der Waals surface area (Å²) in [5, 5.41) is 5.39. The maximum absolute atomic E-state index is 12.7. The van der Waals surface area contributed by atoms with E-state index in [2.05, 4.69) is 10.6 Å². The predicted molar refractivity (Wildman–Crippen MR) is 102 cm³/mol. The van der Waals surface area contributed by atoms with Crippen LogP contribution in [0.1, 0.15) is 44.0 Å². The lowest BCUT2D eigenvalue weighted by molar-refractivity contribution is -0.120. The second-order valence-corrected chi connectivity index (χ2v) is 7.90. The average Bonchev–Trinajstić information content (AvgIpc) is 2.60. The Kier molecular flexibility index (Phi) is 9.04. The third kappa shape index (κ3) is 5.96. The van der Waals surface area contributed by atoms with Crippen molar-refractivity contribution in [2.24, 2.45) is 0 Å². The summed E-state index contributed by atoms with van der Waals surface area (Å²) in [6, 6.07) is 4.11. The van der Waals surface area contributed by atoms with Gasteiger partial charge in [-0.15, -0.1) is 0 Å². The Balaban J connectivity index is 2.86. The normalized spacial score (nSPS) is 11.4. The number of sulfonamides is 1. The van der Waals surface area contributed by atoms with Crippen molar-refractivity contribution in [2.45, 2.75) is 38.5 Å². The van der Waals surface area contributed by atoms with E-state index in [4.69, 9.17) is 11.6 Å². The van der Waals surface area contributed by atoms with Gasteiger partial charge in [-0.2, -0.15) is 4.31 Å². The molecule has 0 saturated heterocycles. The molecule has 0 aliphatic carbocycles. The molecule has 0 aromatic heterocycles. The molecule has 0 spiro atoms. The molecule has 0 bridgehead atoms. The van der Waals surface area contributed by atoms with Crippen molar-refractivity contribution in [3.63, 3.8) is 0 Å². The van der Waals surface area contributed by atoms with Crippen molar-refractivity contribution in [2.75, 3.05) is 26.2 Å². The van der Waals surface area contributed by atoms with Crippen LogP contribution in [0.15, 0.2) is 23.1 Å². The average molecular weight is 404 g/mol. The number of rotatable bonds is 10. The van der Waals surface area contributed by atoms with E-state index in [1.165, 1.54) is 22.5 Å². The summed E-state index contributed by atoms with van der Waals surface area (Å²) in [5.41, 5.74) is 0.175. The Morgan fingerprint density at radius 3 is 2.31 bits per heavy atom. The number of amides is 2. The highest BCUT2D eigenvalue weighted by Crippen LogP contribution is 2.25. The first-order chi connectivity index (χ1) is 12.3. The number of carbonyl (C=O) groups excluding carboxylic acids is 2. The Bertz CT molecular complexity index is 734. The van der Waals surface area contributed by atoms with Gasteiger partial charge in [0.15, 0.2) is 0 Å². The zero-order valence-electron chi connectivity index (χ0n) is 15.3. The second kappa shape index (κ2) is 10.5. The summed E-state index contributed by atoms with van der Waals surface area (Å²) >= 11 is 6.05. The monoisotopic (exact) mass is 403 g/mol. The van der Waals surface area contributed by atoms with E-state index in [1.54, 1.807) is 13.8 Å². The number of carbonyl (C=O) groups is 2. The van der Waals surface area contributed by atoms with E-state index in [9.17, 15) is 18.0 Å². The zero-order valence-corrected chi connectivity index (χ0v) is 16.9. The molecule has 2 N–H and O–H groups in total. The minimum Gasteiger partial charge on any atom is -0.356 e. The van der Waals surface area contributed by atoms with Gasteiger partial charge in [0, 0.05) is 38.2 Å². The highest BCUT2D eigenvalue weighted by Gasteiger charge is 2.25. The van der Waals surface area contributed by atoms with E-state index in [0.717, 1.165) is 6.42 Å². The molecule has 7 nitrogen and oxygen atoms in total. The fraction of sp³-hybridized carbons (Fsp3) is 0.529. The molecule has 146 valence electrons. The standard InChI is InChI=1S/C17H26ClN3O4S/c1-4-10-19-16(22)9-11-20-17(23)13-7-8-14(18)15(12-13)26(24,25)21(5-2)6-3/h7-8,12H,4-6,9-11H2,1-3H3,(H,19,22)(H,20,23). The van der Waals surface area contributed by atoms with Gasteiger partial charge in [-0.3, -0.25) is 9.59 Å². The molecular weight excluding hydrogens is 378 g/mol. The van der Waals surface area contributed by atoms with Crippen LogP contribution in [0.5, 0.6) is 0 Å². The van der Waals surface area contributed by atoms with E-state index < -0.39 is 15.9 Å². The molecule has 0 aliphatic heterocycles. The van der Waals surface area contributed by atoms with Crippen LogP contribution >= 0.6 is 11.6 Å². The van der Waals surface area contributed by atoms with Crippen molar-refractivity contribution >= 4 is 33.4 Å². The molecule has 9 heteroatoms. The minimum atomic E-state index is -3.77. The highest BCUT2D eigenvalue weighted by molar-refractivity contribution is 7.89. The highest BCUT2D eigenvalue weighted by atomic mass is 35.5. The lowest BCUT2D eigenvalue weighted by atomic mass is 10.2. The molecule has 1 rings (SSSR count). The van der Waals surface area contributed by atoms with Crippen molar-refractivity contribution in [1.29, 1.82) is 0 Å². The van der Waals surface area contributed by atoms with Crippen molar-refractivity contribution in [3.05, 3.63) is 28.8 Å². The van der Waals surface area contributed by atoms with Crippen LogP contribution in [0, 0.1) is 0 Å². The van der Waals surface area contributed by atoms with Crippen LogP contribution in [-0.2, 0) is 14.8 Å². The molecule has 26 heavy (non-hydrogen) atoms. The van der Waals surface area contributed by atoms with Gasteiger partial charge in [0.05, 0.1) is 5.02 Å². The van der Waals surface area contributed by atoms with E-state index in [-0.39, 0.29) is 34.4 Å². The lowest BCUT2D eigenvalue weighted by Crippen LogP contribution is -2.32. The largest absolute Gasteiger partial charge is 0.356 e. The second-order valence-electron chi connectivity index (χ2n) is 5.59. The summed E-state index contributed by atoms with van der Waals surface area (Å²) in [6.45, 7) is 6.78. The number of benzene rings is 1. The Morgan fingerprint density at radius 1 is 1.08 bits per heavy atom. The molecule has 1 aromatic rings. The van der Waals surface area contributed by atoms with Gasteiger partial charge in [0.25, 0.3) is 5.91 Å². The first kappa shape index (κ1) is 22.4. The molecule has 0 unspecified atom stereocenters. The number of nitrogens with one attached hydrogen (secondary N) is 2. The smallest absolute Gasteiger partial charge is 0.251 e. The molecule has 0 radical (unpaired) electrons. The quantitative estimate of drug-likeness (QED) is 0.624. The zero-order chi connectivity index (χ0) is 19.7. The maximum Gasteiger partial charge on any atom is 0.251 e. The van der Waals surface area contributed by atoms with Crippen LogP contribution in [0.4, 0.5) is 0 Å².